The second-order valence-corrected chi connectivity index (χ2v) is 5.80. The van der Waals surface area contributed by atoms with E-state index in [0.717, 1.165) is 23.2 Å². The van der Waals surface area contributed by atoms with Crippen molar-refractivity contribution < 1.29 is 0 Å². The topological polar surface area (TPSA) is 41.1 Å². The van der Waals surface area contributed by atoms with Gasteiger partial charge >= 0.3 is 0 Å². The minimum Gasteiger partial charge on any atom is -0.363 e. The van der Waals surface area contributed by atoms with E-state index in [0.29, 0.717) is 6.04 Å². The van der Waals surface area contributed by atoms with Crippen LogP contribution in [0.5, 0.6) is 0 Å². The Hall–Kier alpha value is -1.46. The molecule has 1 aromatic carbocycles. The maximum absolute atomic E-state index is 4.22. The fourth-order valence-corrected chi connectivity index (χ4v) is 2.55. The Morgan fingerprint density at radius 2 is 1.89 bits per heavy atom. The zero-order valence-corrected chi connectivity index (χ0v) is 12.4. The van der Waals surface area contributed by atoms with Gasteiger partial charge in [0.1, 0.15) is 5.01 Å². The Balaban J connectivity index is 2.04. The van der Waals surface area contributed by atoms with Crippen molar-refractivity contribution in [2.24, 2.45) is 0 Å². The standard InChI is InChI=1S/C14H20N4S/c1-11(2)18(9-12-7-5-4-6-8-12)10-13-16-17-14(15-3)19-13/h4-8,11H,9-10H2,1-3H3,(H,15,17). The third-order valence-electron chi connectivity index (χ3n) is 2.98. The molecule has 0 aliphatic rings. The SMILES string of the molecule is CNc1nnc(CN(Cc2ccccc2)C(C)C)s1. The molecule has 4 nitrogen and oxygen atoms in total. The van der Waals surface area contributed by atoms with Gasteiger partial charge in [0.15, 0.2) is 0 Å². The molecule has 1 heterocycles. The summed E-state index contributed by atoms with van der Waals surface area (Å²) in [7, 11) is 1.87. The van der Waals surface area contributed by atoms with Crippen LogP contribution in [0.2, 0.25) is 0 Å². The second kappa shape index (κ2) is 6.63. The smallest absolute Gasteiger partial charge is 0.205 e. The summed E-state index contributed by atoms with van der Waals surface area (Å²) in [4.78, 5) is 2.40. The number of hydrogen-bond acceptors (Lipinski definition) is 5. The van der Waals surface area contributed by atoms with E-state index >= 15 is 0 Å². The van der Waals surface area contributed by atoms with E-state index in [1.54, 1.807) is 11.3 Å². The highest BCUT2D eigenvalue weighted by Crippen LogP contribution is 2.18. The van der Waals surface area contributed by atoms with Crippen molar-refractivity contribution in [2.45, 2.75) is 33.0 Å². The summed E-state index contributed by atoms with van der Waals surface area (Å²) in [6.45, 7) is 6.20. The molecule has 0 saturated heterocycles. The molecule has 0 aliphatic heterocycles. The van der Waals surface area contributed by atoms with Crippen LogP contribution < -0.4 is 5.32 Å². The van der Waals surface area contributed by atoms with Gasteiger partial charge in [-0.3, -0.25) is 4.90 Å². The fraction of sp³-hybridized carbons (Fsp3) is 0.429. The van der Waals surface area contributed by atoms with Crippen LogP contribution in [-0.2, 0) is 13.1 Å². The maximum atomic E-state index is 4.22. The van der Waals surface area contributed by atoms with Crippen molar-refractivity contribution in [3.05, 3.63) is 40.9 Å². The highest BCUT2D eigenvalue weighted by Gasteiger charge is 2.13. The molecule has 0 fully saturated rings. The van der Waals surface area contributed by atoms with Crippen molar-refractivity contribution in [1.82, 2.24) is 15.1 Å². The Labute approximate surface area is 118 Å². The number of hydrogen-bond donors (Lipinski definition) is 1. The van der Waals surface area contributed by atoms with Crippen LogP contribution in [0.1, 0.15) is 24.4 Å². The van der Waals surface area contributed by atoms with Gasteiger partial charge in [-0.15, -0.1) is 10.2 Å². The molecule has 0 bridgehead atoms. The Morgan fingerprint density at radius 1 is 1.16 bits per heavy atom. The lowest BCUT2D eigenvalue weighted by molar-refractivity contribution is 0.203. The molecule has 0 unspecified atom stereocenters. The third-order valence-corrected chi connectivity index (χ3v) is 3.90. The highest BCUT2D eigenvalue weighted by atomic mass is 32.1. The minimum absolute atomic E-state index is 0.474. The van der Waals surface area contributed by atoms with E-state index in [4.69, 9.17) is 0 Å². The van der Waals surface area contributed by atoms with Gasteiger partial charge in [-0.2, -0.15) is 0 Å². The van der Waals surface area contributed by atoms with E-state index in [2.05, 4.69) is 58.5 Å². The number of benzene rings is 1. The third kappa shape index (κ3) is 4.01. The van der Waals surface area contributed by atoms with E-state index in [9.17, 15) is 0 Å². The van der Waals surface area contributed by atoms with Crippen molar-refractivity contribution in [1.29, 1.82) is 0 Å². The Bertz CT molecular complexity index is 495. The van der Waals surface area contributed by atoms with Crippen molar-refractivity contribution in [3.63, 3.8) is 0 Å². The van der Waals surface area contributed by atoms with Gasteiger partial charge < -0.3 is 5.32 Å². The van der Waals surface area contributed by atoms with Gasteiger partial charge in [0.05, 0.1) is 6.54 Å². The predicted octanol–water partition coefficient (Wildman–Crippen LogP) is 2.99. The molecule has 0 spiro atoms. The molecule has 1 aromatic heterocycles. The molecule has 0 saturated carbocycles. The number of rotatable bonds is 6. The lowest BCUT2D eigenvalue weighted by Gasteiger charge is -2.25. The van der Waals surface area contributed by atoms with Crippen LogP contribution >= 0.6 is 11.3 Å². The monoisotopic (exact) mass is 276 g/mol. The first kappa shape index (κ1) is 14.0. The zero-order chi connectivity index (χ0) is 13.7. The maximum Gasteiger partial charge on any atom is 0.205 e. The minimum atomic E-state index is 0.474. The summed E-state index contributed by atoms with van der Waals surface area (Å²) < 4.78 is 0. The first-order valence-corrected chi connectivity index (χ1v) is 7.29. The Morgan fingerprint density at radius 3 is 2.47 bits per heavy atom. The zero-order valence-electron chi connectivity index (χ0n) is 11.6. The largest absolute Gasteiger partial charge is 0.363 e. The molecule has 19 heavy (non-hydrogen) atoms. The van der Waals surface area contributed by atoms with E-state index in [-0.39, 0.29) is 0 Å². The van der Waals surface area contributed by atoms with Crippen LogP contribution in [0.15, 0.2) is 30.3 Å². The summed E-state index contributed by atoms with van der Waals surface area (Å²) in [6, 6.07) is 11.0. The predicted molar refractivity (Wildman–Crippen MR) is 80.3 cm³/mol. The van der Waals surface area contributed by atoms with Gasteiger partial charge in [-0.1, -0.05) is 41.7 Å². The summed E-state index contributed by atoms with van der Waals surface area (Å²) in [5, 5.41) is 13.2. The summed E-state index contributed by atoms with van der Waals surface area (Å²) in [5.74, 6) is 0. The Kier molecular flexibility index (Phi) is 4.87. The lowest BCUT2D eigenvalue weighted by atomic mass is 10.2. The van der Waals surface area contributed by atoms with Crippen LogP contribution in [0, 0.1) is 0 Å². The summed E-state index contributed by atoms with van der Waals surface area (Å²) in [6.07, 6.45) is 0. The van der Waals surface area contributed by atoms with Crippen LogP contribution in [0.4, 0.5) is 5.13 Å². The van der Waals surface area contributed by atoms with Crippen LogP contribution in [0.3, 0.4) is 0 Å². The van der Waals surface area contributed by atoms with Crippen molar-refractivity contribution in [2.75, 3.05) is 12.4 Å². The molecule has 1 N–H and O–H groups in total. The summed E-state index contributed by atoms with van der Waals surface area (Å²) >= 11 is 1.61. The highest BCUT2D eigenvalue weighted by molar-refractivity contribution is 7.15. The molecule has 2 rings (SSSR count). The molecule has 2 aromatic rings. The molecule has 0 aliphatic carbocycles. The lowest BCUT2D eigenvalue weighted by Crippen LogP contribution is -2.29. The number of anilines is 1. The van der Waals surface area contributed by atoms with Gasteiger partial charge in [-0.25, -0.2) is 0 Å². The average molecular weight is 276 g/mol. The van der Waals surface area contributed by atoms with Crippen molar-refractivity contribution in [3.8, 4) is 0 Å². The number of nitrogens with zero attached hydrogens (tertiary/aromatic N) is 3. The van der Waals surface area contributed by atoms with E-state index in [1.807, 2.05) is 13.1 Å². The first-order chi connectivity index (χ1) is 9.19. The van der Waals surface area contributed by atoms with E-state index < -0.39 is 0 Å². The van der Waals surface area contributed by atoms with Gasteiger partial charge in [-0.05, 0) is 19.4 Å². The summed E-state index contributed by atoms with van der Waals surface area (Å²) in [5.41, 5.74) is 1.33. The normalized spacial score (nSPS) is 11.2. The molecule has 0 amide bonds. The molecular formula is C14H20N4S. The average Bonchev–Trinajstić information content (AvgIpc) is 2.87. The molecular weight excluding hydrogens is 256 g/mol. The molecule has 0 radical (unpaired) electrons. The van der Waals surface area contributed by atoms with Gasteiger partial charge in [0, 0.05) is 19.6 Å². The number of aromatic nitrogens is 2. The first-order valence-electron chi connectivity index (χ1n) is 6.47. The molecule has 102 valence electrons. The quantitative estimate of drug-likeness (QED) is 0.880. The van der Waals surface area contributed by atoms with Crippen LogP contribution in [0.25, 0.3) is 0 Å². The fourth-order valence-electron chi connectivity index (χ4n) is 1.83. The van der Waals surface area contributed by atoms with Crippen molar-refractivity contribution >= 4 is 16.5 Å². The van der Waals surface area contributed by atoms with Crippen LogP contribution in [-0.4, -0.2) is 28.2 Å². The number of nitrogens with one attached hydrogen (secondary N) is 1. The van der Waals surface area contributed by atoms with E-state index in [1.165, 1.54) is 5.56 Å². The van der Waals surface area contributed by atoms with Gasteiger partial charge in [0.25, 0.3) is 0 Å². The van der Waals surface area contributed by atoms with Gasteiger partial charge in [0.2, 0.25) is 5.13 Å². The molecule has 5 heteroatoms. The second-order valence-electron chi connectivity index (χ2n) is 4.74. The molecule has 0 atom stereocenters.